The summed E-state index contributed by atoms with van der Waals surface area (Å²) < 4.78 is 27.1. The van der Waals surface area contributed by atoms with Crippen molar-refractivity contribution in [1.29, 1.82) is 0 Å². The van der Waals surface area contributed by atoms with Gasteiger partial charge in [-0.25, -0.2) is 13.1 Å². The van der Waals surface area contributed by atoms with Crippen molar-refractivity contribution in [3.63, 3.8) is 0 Å². The molecule has 1 aromatic rings. The zero-order chi connectivity index (χ0) is 16.2. The van der Waals surface area contributed by atoms with Crippen LogP contribution in [0.2, 0.25) is 0 Å². The summed E-state index contributed by atoms with van der Waals surface area (Å²) in [4.78, 5) is 14.3. The zero-order valence-electron chi connectivity index (χ0n) is 12.6. The smallest absolute Gasteiger partial charge is 0.254 e. The Morgan fingerprint density at radius 1 is 1.32 bits per heavy atom. The second-order valence-electron chi connectivity index (χ2n) is 5.48. The number of nitrogens with one attached hydrogen (secondary N) is 1. The van der Waals surface area contributed by atoms with Gasteiger partial charge in [-0.15, -0.1) is 0 Å². The van der Waals surface area contributed by atoms with Crippen LogP contribution >= 0.6 is 15.9 Å². The standard InChI is InChI=1S/C15H21BrN2O3S/c1-2-11-22(20,21)17-12-7-9-18(10-8-12)15(19)13-5-3-4-6-14(13)16/h3-6,12,17H,2,7-11H2,1H3. The van der Waals surface area contributed by atoms with Crippen LogP contribution < -0.4 is 4.72 Å². The molecule has 0 bridgehead atoms. The predicted molar refractivity (Wildman–Crippen MR) is 90.3 cm³/mol. The molecule has 0 spiro atoms. The maximum Gasteiger partial charge on any atom is 0.254 e. The first kappa shape index (κ1) is 17.4. The Bertz CT molecular complexity index is 625. The molecule has 22 heavy (non-hydrogen) atoms. The first-order valence-electron chi connectivity index (χ1n) is 7.46. The molecule has 0 radical (unpaired) electrons. The molecule has 1 saturated heterocycles. The highest BCUT2D eigenvalue weighted by Crippen LogP contribution is 2.20. The highest BCUT2D eigenvalue weighted by molar-refractivity contribution is 9.10. The van der Waals surface area contributed by atoms with Gasteiger partial charge >= 0.3 is 0 Å². The maximum absolute atomic E-state index is 12.5. The number of likely N-dealkylation sites (tertiary alicyclic amines) is 1. The number of carbonyl (C=O) groups excluding carboxylic acids is 1. The lowest BCUT2D eigenvalue weighted by Gasteiger charge is -2.32. The molecule has 0 atom stereocenters. The number of hydrogen-bond acceptors (Lipinski definition) is 3. The van der Waals surface area contributed by atoms with Gasteiger partial charge in [0.05, 0.1) is 11.3 Å². The van der Waals surface area contributed by atoms with Crippen molar-refractivity contribution in [2.45, 2.75) is 32.2 Å². The summed E-state index contributed by atoms with van der Waals surface area (Å²) in [7, 11) is -3.19. The minimum absolute atomic E-state index is 0.0117. The lowest BCUT2D eigenvalue weighted by atomic mass is 10.0. The first-order valence-corrected chi connectivity index (χ1v) is 9.91. The fraction of sp³-hybridized carbons (Fsp3) is 0.533. The molecule has 0 aromatic heterocycles. The van der Waals surface area contributed by atoms with Crippen molar-refractivity contribution in [2.24, 2.45) is 0 Å². The van der Waals surface area contributed by atoms with E-state index in [0.29, 0.717) is 37.9 Å². The van der Waals surface area contributed by atoms with Crippen molar-refractivity contribution in [1.82, 2.24) is 9.62 Å². The molecule has 122 valence electrons. The molecule has 1 amide bonds. The Kier molecular flexibility index (Phi) is 6.00. The quantitative estimate of drug-likeness (QED) is 0.841. The largest absolute Gasteiger partial charge is 0.338 e. The van der Waals surface area contributed by atoms with Gasteiger partial charge in [0.1, 0.15) is 0 Å². The van der Waals surface area contributed by atoms with E-state index in [1.54, 1.807) is 11.0 Å². The summed E-state index contributed by atoms with van der Waals surface area (Å²) in [5, 5.41) is 0. The Labute approximate surface area is 140 Å². The summed E-state index contributed by atoms with van der Waals surface area (Å²) in [6.07, 6.45) is 1.91. The minimum Gasteiger partial charge on any atom is -0.338 e. The second kappa shape index (κ2) is 7.57. The van der Waals surface area contributed by atoms with Crippen LogP contribution in [-0.4, -0.2) is 44.1 Å². The second-order valence-corrected chi connectivity index (χ2v) is 8.21. The molecular formula is C15H21BrN2O3S. The van der Waals surface area contributed by atoms with Crippen LogP contribution in [0.1, 0.15) is 36.5 Å². The van der Waals surface area contributed by atoms with Crippen molar-refractivity contribution in [3.05, 3.63) is 34.3 Å². The van der Waals surface area contributed by atoms with Crippen LogP contribution in [0, 0.1) is 0 Å². The van der Waals surface area contributed by atoms with Gasteiger partial charge in [0.25, 0.3) is 5.91 Å². The average molecular weight is 389 g/mol. The van der Waals surface area contributed by atoms with E-state index in [2.05, 4.69) is 20.7 Å². The molecule has 1 aliphatic rings. The first-order chi connectivity index (χ1) is 10.4. The summed E-state index contributed by atoms with van der Waals surface area (Å²) >= 11 is 3.39. The van der Waals surface area contributed by atoms with Crippen molar-refractivity contribution < 1.29 is 13.2 Å². The highest BCUT2D eigenvalue weighted by Gasteiger charge is 2.26. The number of rotatable bonds is 5. The lowest BCUT2D eigenvalue weighted by molar-refractivity contribution is 0.0710. The molecule has 0 aliphatic carbocycles. The number of nitrogens with zero attached hydrogens (tertiary/aromatic N) is 1. The van der Waals surface area contributed by atoms with Crippen molar-refractivity contribution >= 4 is 31.9 Å². The number of benzene rings is 1. The zero-order valence-corrected chi connectivity index (χ0v) is 15.0. The number of piperidine rings is 1. The van der Waals surface area contributed by atoms with Crippen molar-refractivity contribution in [2.75, 3.05) is 18.8 Å². The van der Waals surface area contributed by atoms with Gasteiger partial charge in [-0.05, 0) is 47.3 Å². The van der Waals surface area contributed by atoms with E-state index in [0.717, 1.165) is 4.47 Å². The molecule has 1 aromatic carbocycles. The number of carbonyl (C=O) groups is 1. The van der Waals surface area contributed by atoms with E-state index in [9.17, 15) is 13.2 Å². The van der Waals surface area contributed by atoms with Gasteiger partial charge in [-0.2, -0.15) is 0 Å². The molecule has 7 heteroatoms. The van der Waals surface area contributed by atoms with Crippen LogP contribution in [0.4, 0.5) is 0 Å². The van der Waals surface area contributed by atoms with Crippen LogP contribution in [0.3, 0.4) is 0 Å². The van der Waals surface area contributed by atoms with Gasteiger partial charge in [-0.1, -0.05) is 19.1 Å². The normalized spacial score (nSPS) is 16.7. The maximum atomic E-state index is 12.5. The Balaban J connectivity index is 1.92. The van der Waals surface area contributed by atoms with Crippen LogP contribution in [0.25, 0.3) is 0 Å². The average Bonchev–Trinajstić information content (AvgIpc) is 2.47. The molecule has 1 aliphatic heterocycles. The van der Waals surface area contributed by atoms with E-state index in [-0.39, 0.29) is 17.7 Å². The molecule has 5 nitrogen and oxygen atoms in total. The Morgan fingerprint density at radius 3 is 2.55 bits per heavy atom. The fourth-order valence-corrected chi connectivity index (χ4v) is 4.44. The molecule has 1 fully saturated rings. The van der Waals surface area contributed by atoms with Gasteiger partial charge < -0.3 is 4.90 Å². The van der Waals surface area contributed by atoms with Gasteiger partial charge in [0, 0.05) is 23.6 Å². The van der Waals surface area contributed by atoms with Crippen LogP contribution in [-0.2, 0) is 10.0 Å². The molecule has 2 rings (SSSR count). The van der Waals surface area contributed by atoms with E-state index in [4.69, 9.17) is 0 Å². The van der Waals surface area contributed by atoms with Crippen LogP contribution in [0.5, 0.6) is 0 Å². The van der Waals surface area contributed by atoms with E-state index < -0.39 is 10.0 Å². The third-order valence-electron chi connectivity index (χ3n) is 3.71. The fourth-order valence-electron chi connectivity index (χ4n) is 2.59. The molecule has 1 heterocycles. The summed E-state index contributed by atoms with van der Waals surface area (Å²) in [6.45, 7) is 2.98. The number of amides is 1. The third kappa shape index (κ3) is 4.54. The predicted octanol–water partition coefficient (Wildman–Crippen LogP) is 2.38. The van der Waals surface area contributed by atoms with Gasteiger partial charge in [0.15, 0.2) is 0 Å². The molecule has 0 unspecified atom stereocenters. The SMILES string of the molecule is CCCS(=O)(=O)NC1CCN(C(=O)c2ccccc2Br)CC1. The summed E-state index contributed by atoms with van der Waals surface area (Å²) in [5.41, 5.74) is 0.646. The van der Waals surface area contributed by atoms with E-state index in [1.165, 1.54) is 0 Å². The third-order valence-corrected chi connectivity index (χ3v) is 6.04. The number of hydrogen-bond donors (Lipinski definition) is 1. The minimum atomic E-state index is -3.19. The Morgan fingerprint density at radius 2 is 1.95 bits per heavy atom. The van der Waals surface area contributed by atoms with E-state index >= 15 is 0 Å². The van der Waals surface area contributed by atoms with Crippen LogP contribution in [0.15, 0.2) is 28.7 Å². The van der Waals surface area contributed by atoms with Gasteiger partial charge in [-0.3, -0.25) is 4.79 Å². The monoisotopic (exact) mass is 388 g/mol. The molecule has 0 saturated carbocycles. The highest BCUT2D eigenvalue weighted by atomic mass is 79.9. The summed E-state index contributed by atoms with van der Waals surface area (Å²) in [6, 6.07) is 7.28. The molecule has 1 N–H and O–H groups in total. The summed E-state index contributed by atoms with van der Waals surface area (Å²) in [5.74, 6) is 0.144. The van der Waals surface area contributed by atoms with Gasteiger partial charge in [0.2, 0.25) is 10.0 Å². The topological polar surface area (TPSA) is 66.5 Å². The van der Waals surface area contributed by atoms with E-state index in [1.807, 2.05) is 25.1 Å². The molecular weight excluding hydrogens is 368 g/mol. The van der Waals surface area contributed by atoms with Crippen molar-refractivity contribution in [3.8, 4) is 0 Å². The Hall–Kier alpha value is -0.920. The number of sulfonamides is 1. The number of halogens is 1. The lowest BCUT2D eigenvalue weighted by Crippen LogP contribution is -2.47.